The van der Waals surface area contributed by atoms with Crippen LogP contribution in [0.3, 0.4) is 0 Å². The lowest BCUT2D eigenvalue weighted by Crippen LogP contribution is -2.10. The second kappa shape index (κ2) is 3.87. The first-order valence-electron chi connectivity index (χ1n) is 4.31. The Morgan fingerprint density at radius 1 is 1.33 bits per heavy atom. The minimum absolute atomic E-state index is 0.239. The first-order chi connectivity index (χ1) is 7.33. The number of hydrogen-bond acceptors (Lipinski definition) is 5. The summed E-state index contributed by atoms with van der Waals surface area (Å²) in [5, 5.41) is 24.6. The Labute approximate surface area is 85.8 Å². The molecule has 0 radical (unpaired) electrons. The lowest BCUT2D eigenvalue weighted by molar-refractivity contribution is 0.706. The molecule has 0 spiro atoms. The van der Waals surface area contributed by atoms with Crippen molar-refractivity contribution in [3.8, 4) is 0 Å². The van der Waals surface area contributed by atoms with Gasteiger partial charge in [0, 0.05) is 12.6 Å². The van der Waals surface area contributed by atoms with E-state index in [4.69, 9.17) is 0 Å². The molecule has 0 fully saturated rings. The van der Waals surface area contributed by atoms with Crippen LogP contribution >= 0.6 is 0 Å². The largest absolute Gasteiger partial charge is 0.791 e. The molecule has 76 valence electrons. The van der Waals surface area contributed by atoms with Gasteiger partial charge in [0.1, 0.15) is 5.71 Å². The quantitative estimate of drug-likeness (QED) is 0.526. The molecule has 0 atom stereocenters. The summed E-state index contributed by atoms with van der Waals surface area (Å²) in [5.41, 5.74) is 0.938. The number of tetrazole rings is 1. The zero-order valence-electron chi connectivity index (χ0n) is 8.03. The maximum Gasteiger partial charge on any atom is 0.200 e. The van der Waals surface area contributed by atoms with E-state index in [1.807, 2.05) is 18.2 Å². The highest BCUT2D eigenvalue weighted by Crippen LogP contribution is 2.06. The molecule has 0 aliphatic rings. The third kappa shape index (κ3) is 1.69. The molecule has 0 bridgehead atoms. The maximum absolute atomic E-state index is 10.8. The fourth-order valence-electron chi connectivity index (χ4n) is 1.25. The van der Waals surface area contributed by atoms with Crippen LogP contribution in [-0.4, -0.2) is 25.9 Å². The van der Waals surface area contributed by atoms with Gasteiger partial charge < -0.3 is 10.4 Å². The minimum atomic E-state index is 0.239. The summed E-state index contributed by atoms with van der Waals surface area (Å²) >= 11 is 0. The van der Waals surface area contributed by atoms with Gasteiger partial charge in [-0.2, -0.15) is 0 Å². The molecule has 15 heavy (non-hydrogen) atoms. The SMILES string of the molecule is Cn1nnnc1/C(=N\[O-])c1ccccc1. The lowest BCUT2D eigenvalue weighted by Gasteiger charge is -2.06. The summed E-state index contributed by atoms with van der Waals surface area (Å²) in [6.45, 7) is 0. The van der Waals surface area contributed by atoms with Gasteiger partial charge in [-0.1, -0.05) is 30.3 Å². The predicted molar refractivity (Wildman–Crippen MR) is 54.2 cm³/mol. The van der Waals surface area contributed by atoms with Crippen molar-refractivity contribution in [2.45, 2.75) is 0 Å². The summed E-state index contributed by atoms with van der Waals surface area (Å²) in [6, 6.07) is 9.08. The number of aromatic nitrogens is 4. The smallest absolute Gasteiger partial charge is 0.200 e. The normalized spacial score (nSPS) is 11.7. The van der Waals surface area contributed by atoms with E-state index >= 15 is 0 Å². The third-order valence-electron chi connectivity index (χ3n) is 1.97. The van der Waals surface area contributed by atoms with Gasteiger partial charge in [0.25, 0.3) is 0 Å². The van der Waals surface area contributed by atoms with E-state index < -0.39 is 0 Å². The fraction of sp³-hybridized carbons (Fsp3) is 0.111. The van der Waals surface area contributed by atoms with Crippen molar-refractivity contribution in [3.05, 3.63) is 46.9 Å². The monoisotopic (exact) mass is 202 g/mol. The van der Waals surface area contributed by atoms with E-state index in [0.717, 1.165) is 0 Å². The van der Waals surface area contributed by atoms with Crippen LogP contribution in [0.5, 0.6) is 0 Å². The molecule has 0 amide bonds. The molecule has 0 unspecified atom stereocenters. The van der Waals surface area contributed by atoms with Crippen molar-refractivity contribution in [2.24, 2.45) is 12.2 Å². The average Bonchev–Trinajstić information content (AvgIpc) is 2.68. The minimum Gasteiger partial charge on any atom is -0.791 e. The van der Waals surface area contributed by atoms with E-state index in [0.29, 0.717) is 11.4 Å². The summed E-state index contributed by atoms with van der Waals surface area (Å²) < 4.78 is 1.41. The summed E-state index contributed by atoms with van der Waals surface area (Å²) in [4.78, 5) is 0. The predicted octanol–water partition coefficient (Wildman–Crippen LogP) is 0.545. The highest BCUT2D eigenvalue weighted by Gasteiger charge is 2.11. The maximum atomic E-state index is 10.8. The Bertz CT molecular complexity index is 476. The van der Waals surface area contributed by atoms with E-state index in [2.05, 4.69) is 20.7 Å². The molecule has 1 aromatic heterocycles. The van der Waals surface area contributed by atoms with Crippen LogP contribution in [-0.2, 0) is 7.05 Å². The van der Waals surface area contributed by atoms with Gasteiger partial charge in [-0.3, -0.25) is 0 Å². The van der Waals surface area contributed by atoms with Crippen molar-refractivity contribution in [1.29, 1.82) is 0 Å². The van der Waals surface area contributed by atoms with Gasteiger partial charge in [0.2, 0.25) is 0 Å². The van der Waals surface area contributed by atoms with Gasteiger partial charge in [0.05, 0.1) is 0 Å². The van der Waals surface area contributed by atoms with Crippen LogP contribution in [0, 0.1) is 5.21 Å². The summed E-state index contributed by atoms with van der Waals surface area (Å²) in [6.07, 6.45) is 0. The number of aryl methyl sites for hydroxylation is 1. The number of hydrogen-bond donors (Lipinski definition) is 0. The molecule has 2 rings (SSSR count). The molecular formula is C9H8N5O-. The van der Waals surface area contributed by atoms with Crippen molar-refractivity contribution in [3.63, 3.8) is 0 Å². The van der Waals surface area contributed by atoms with Crippen LogP contribution in [0.1, 0.15) is 11.4 Å². The zero-order chi connectivity index (χ0) is 10.7. The van der Waals surface area contributed by atoms with Gasteiger partial charge in [-0.25, -0.2) is 4.68 Å². The van der Waals surface area contributed by atoms with Crippen LogP contribution in [0.2, 0.25) is 0 Å². The molecule has 1 aromatic carbocycles. The first kappa shape index (κ1) is 9.32. The molecular weight excluding hydrogens is 194 g/mol. The summed E-state index contributed by atoms with van der Waals surface area (Å²) in [7, 11) is 1.66. The highest BCUT2D eigenvalue weighted by molar-refractivity contribution is 6.10. The topological polar surface area (TPSA) is 79.0 Å². The number of nitrogens with zero attached hydrogens (tertiary/aromatic N) is 5. The molecule has 0 aliphatic carbocycles. The Morgan fingerprint density at radius 2 is 2.07 bits per heavy atom. The first-order valence-corrected chi connectivity index (χ1v) is 4.31. The van der Waals surface area contributed by atoms with Crippen LogP contribution in [0.15, 0.2) is 35.5 Å². The van der Waals surface area contributed by atoms with E-state index in [-0.39, 0.29) is 5.71 Å². The van der Waals surface area contributed by atoms with Crippen molar-refractivity contribution < 1.29 is 0 Å². The van der Waals surface area contributed by atoms with Crippen molar-refractivity contribution in [2.75, 3.05) is 0 Å². The lowest BCUT2D eigenvalue weighted by atomic mass is 10.1. The molecule has 6 nitrogen and oxygen atoms in total. The van der Waals surface area contributed by atoms with E-state index in [1.165, 1.54) is 4.68 Å². The van der Waals surface area contributed by atoms with Gasteiger partial charge in [-0.15, -0.1) is 5.10 Å². The molecule has 0 aliphatic heterocycles. The van der Waals surface area contributed by atoms with Gasteiger partial charge >= 0.3 is 0 Å². The van der Waals surface area contributed by atoms with Crippen molar-refractivity contribution in [1.82, 2.24) is 20.2 Å². The van der Waals surface area contributed by atoms with Gasteiger partial charge in [-0.05, 0) is 10.4 Å². The van der Waals surface area contributed by atoms with E-state index in [9.17, 15) is 5.21 Å². The summed E-state index contributed by atoms with van der Waals surface area (Å²) in [5.74, 6) is 0.358. The fourth-order valence-corrected chi connectivity index (χ4v) is 1.25. The third-order valence-corrected chi connectivity index (χ3v) is 1.97. The Hall–Kier alpha value is -2.24. The zero-order valence-corrected chi connectivity index (χ0v) is 8.03. The van der Waals surface area contributed by atoms with Gasteiger partial charge in [0.15, 0.2) is 5.82 Å². The van der Waals surface area contributed by atoms with Crippen molar-refractivity contribution >= 4 is 5.71 Å². The second-order valence-electron chi connectivity index (χ2n) is 2.93. The standard InChI is InChI=1S/C9H9N5O/c1-14-9(10-12-13-14)8(11-15)7-5-3-2-4-6-7/h2-6,15H,1H3/p-1/b11-8-. The number of benzene rings is 1. The number of rotatable bonds is 2. The van der Waals surface area contributed by atoms with Crippen LogP contribution < -0.4 is 0 Å². The van der Waals surface area contributed by atoms with E-state index in [1.54, 1.807) is 19.2 Å². The Kier molecular flexibility index (Phi) is 2.40. The van der Waals surface area contributed by atoms with Crippen LogP contribution in [0.25, 0.3) is 0 Å². The molecule has 1 heterocycles. The Balaban J connectivity index is 2.48. The second-order valence-corrected chi connectivity index (χ2v) is 2.93. The molecule has 0 saturated carbocycles. The molecule has 0 N–H and O–H groups in total. The average molecular weight is 202 g/mol. The highest BCUT2D eigenvalue weighted by atomic mass is 16.4. The molecule has 0 saturated heterocycles. The van der Waals surface area contributed by atoms with Crippen LogP contribution in [0.4, 0.5) is 0 Å². The Morgan fingerprint density at radius 3 is 2.60 bits per heavy atom. The molecule has 2 aromatic rings. The molecule has 6 heteroatoms.